The topological polar surface area (TPSA) is 47.6 Å². The minimum Gasteiger partial charge on any atom is -0.395 e. The molecule has 19 heavy (non-hydrogen) atoms. The van der Waals surface area contributed by atoms with Gasteiger partial charge in [-0.15, -0.1) is 20.1 Å². The van der Waals surface area contributed by atoms with Gasteiger partial charge in [-0.05, 0) is 23.6 Å². The lowest BCUT2D eigenvalue weighted by molar-refractivity contribution is -0.286. The van der Waals surface area contributed by atoms with Crippen molar-refractivity contribution in [1.82, 2.24) is 0 Å². The second-order valence-corrected chi connectivity index (χ2v) is 4.71. The van der Waals surface area contributed by atoms with Gasteiger partial charge in [-0.1, -0.05) is 6.07 Å². The first-order valence-electron chi connectivity index (χ1n) is 5.28. The highest BCUT2D eigenvalue weighted by molar-refractivity contribution is 7.12. The summed E-state index contributed by atoms with van der Waals surface area (Å²) in [5.41, 5.74) is 0.360. The molecule has 0 aliphatic carbocycles. The third-order valence-electron chi connectivity index (χ3n) is 2.40. The number of fused-ring (bicyclic) bond motifs is 1. The predicted molar refractivity (Wildman–Crippen MR) is 64.9 cm³/mol. The van der Waals surface area contributed by atoms with Crippen molar-refractivity contribution in [3.05, 3.63) is 40.6 Å². The number of benzene rings is 1. The molecule has 1 amide bonds. The van der Waals surface area contributed by atoms with E-state index in [0.29, 0.717) is 10.6 Å². The Hall–Kier alpha value is -2.15. The maximum Gasteiger partial charge on any atom is 0.586 e. The van der Waals surface area contributed by atoms with Gasteiger partial charge in [0.15, 0.2) is 11.5 Å². The summed E-state index contributed by atoms with van der Waals surface area (Å²) in [7, 11) is 0. The number of alkyl halides is 2. The molecule has 0 spiro atoms. The monoisotopic (exact) mass is 283 g/mol. The molecule has 0 unspecified atom stereocenters. The van der Waals surface area contributed by atoms with Gasteiger partial charge in [-0.2, -0.15) is 0 Å². The fourth-order valence-electron chi connectivity index (χ4n) is 1.63. The van der Waals surface area contributed by atoms with Crippen molar-refractivity contribution < 1.29 is 23.0 Å². The summed E-state index contributed by atoms with van der Waals surface area (Å²) in [6.07, 6.45) is -3.65. The van der Waals surface area contributed by atoms with E-state index in [-0.39, 0.29) is 17.4 Å². The third-order valence-corrected chi connectivity index (χ3v) is 3.27. The van der Waals surface area contributed by atoms with Gasteiger partial charge in [0.1, 0.15) is 0 Å². The highest BCUT2D eigenvalue weighted by Crippen LogP contribution is 2.42. The van der Waals surface area contributed by atoms with E-state index in [1.165, 1.54) is 29.5 Å². The van der Waals surface area contributed by atoms with Gasteiger partial charge in [0, 0.05) is 11.8 Å². The Morgan fingerprint density at radius 3 is 2.74 bits per heavy atom. The lowest BCUT2D eigenvalue weighted by Crippen LogP contribution is -2.25. The van der Waals surface area contributed by atoms with Crippen LogP contribution in [0.4, 0.5) is 14.5 Å². The van der Waals surface area contributed by atoms with Crippen LogP contribution >= 0.6 is 11.3 Å². The van der Waals surface area contributed by atoms with E-state index in [4.69, 9.17) is 0 Å². The van der Waals surface area contributed by atoms with Crippen molar-refractivity contribution in [2.24, 2.45) is 0 Å². The Kier molecular flexibility index (Phi) is 2.63. The largest absolute Gasteiger partial charge is 0.586 e. The van der Waals surface area contributed by atoms with Crippen LogP contribution in [0.2, 0.25) is 0 Å². The van der Waals surface area contributed by atoms with Crippen LogP contribution in [0.1, 0.15) is 9.67 Å². The van der Waals surface area contributed by atoms with Gasteiger partial charge in [-0.25, -0.2) is 0 Å². The van der Waals surface area contributed by atoms with Gasteiger partial charge in [0.25, 0.3) is 5.91 Å². The average Bonchev–Trinajstić information content (AvgIpc) is 2.93. The minimum absolute atomic E-state index is 0.0564. The molecular formula is C12H7F2NO3S. The van der Waals surface area contributed by atoms with Crippen molar-refractivity contribution >= 4 is 22.9 Å². The van der Waals surface area contributed by atoms with Crippen molar-refractivity contribution in [3.63, 3.8) is 0 Å². The van der Waals surface area contributed by atoms with Gasteiger partial charge >= 0.3 is 6.29 Å². The average molecular weight is 283 g/mol. The van der Waals surface area contributed by atoms with E-state index in [0.717, 1.165) is 0 Å². The van der Waals surface area contributed by atoms with Crippen LogP contribution in [0.5, 0.6) is 11.5 Å². The molecule has 1 aliphatic heterocycles. The molecule has 1 aromatic heterocycles. The summed E-state index contributed by atoms with van der Waals surface area (Å²) in [6.45, 7) is 0. The summed E-state index contributed by atoms with van der Waals surface area (Å²) in [6, 6.07) is 7.50. The van der Waals surface area contributed by atoms with E-state index >= 15 is 0 Å². The molecule has 0 saturated carbocycles. The van der Waals surface area contributed by atoms with E-state index in [9.17, 15) is 13.6 Å². The molecule has 0 bridgehead atoms. The Bertz CT molecular complexity index is 628. The summed E-state index contributed by atoms with van der Waals surface area (Å²) < 4.78 is 34.2. The summed E-state index contributed by atoms with van der Waals surface area (Å²) in [5.74, 6) is -0.464. The highest BCUT2D eigenvalue weighted by Gasteiger charge is 2.43. The van der Waals surface area contributed by atoms with E-state index in [2.05, 4.69) is 14.8 Å². The number of hydrogen-bond donors (Lipinski definition) is 1. The second-order valence-electron chi connectivity index (χ2n) is 3.76. The van der Waals surface area contributed by atoms with E-state index < -0.39 is 6.29 Å². The zero-order valence-corrected chi connectivity index (χ0v) is 10.2. The standard InChI is InChI=1S/C12H7F2NO3S/c13-12(14)17-8-4-3-7(6-9(8)18-12)15-11(16)10-2-1-5-19-10/h1-6H,(H,15,16). The number of halogens is 2. The first kappa shape index (κ1) is 11.9. The molecule has 7 heteroatoms. The highest BCUT2D eigenvalue weighted by atomic mass is 32.1. The lowest BCUT2D eigenvalue weighted by atomic mass is 10.2. The van der Waals surface area contributed by atoms with Crippen LogP contribution in [0.15, 0.2) is 35.7 Å². The zero-order chi connectivity index (χ0) is 13.5. The molecular weight excluding hydrogens is 276 g/mol. The SMILES string of the molecule is O=C(Nc1ccc2c(c1)OC(F)(F)O2)c1cccs1. The molecule has 0 atom stereocenters. The zero-order valence-electron chi connectivity index (χ0n) is 9.35. The molecule has 2 aromatic rings. The Balaban J connectivity index is 1.79. The van der Waals surface area contributed by atoms with Gasteiger partial charge in [-0.3, -0.25) is 4.79 Å². The summed E-state index contributed by atoms with van der Waals surface area (Å²) >= 11 is 1.29. The van der Waals surface area contributed by atoms with Crippen LogP contribution in [0.3, 0.4) is 0 Å². The molecule has 1 N–H and O–H groups in total. The van der Waals surface area contributed by atoms with Gasteiger partial charge in [0.05, 0.1) is 4.88 Å². The molecule has 1 aliphatic rings. The number of carbonyl (C=O) groups is 1. The Morgan fingerprint density at radius 2 is 2.00 bits per heavy atom. The quantitative estimate of drug-likeness (QED) is 0.919. The van der Waals surface area contributed by atoms with Crippen LogP contribution < -0.4 is 14.8 Å². The number of nitrogens with one attached hydrogen (secondary N) is 1. The molecule has 1 aromatic carbocycles. The predicted octanol–water partition coefficient (Wildman–Crippen LogP) is 3.32. The number of amides is 1. The van der Waals surface area contributed by atoms with Crippen molar-refractivity contribution in [3.8, 4) is 11.5 Å². The number of anilines is 1. The fourth-order valence-corrected chi connectivity index (χ4v) is 2.25. The normalized spacial score (nSPS) is 15.3. The van der Waals surface area contributed by atoms with E-state index in [1.54, 1.807) is 17.5 Å². The third kappa shape index (κ3) is 2.37. The summed E-state index contributed by atoms with van der Waals surface area (Å²) in [5, 5.41) is 4.37. The summed E-state index contributed by atoms with van der Waals surface area (Å²) in [4.78, 5) is 12.3. The smallest absolute Gasteiger partial charge is 0.395 e. The Labute approximate surface area is 110 Å². The van der Waals surface area contributed by atoms with Crippen LogP contribution in [-0.4, -0.2) is 12.2 Å². The molecule has 98 valence electrons. The minimum atomic E-state index is -3.65. The lowest BCUT2D eigenvalue weighted by Gasteiger charge is -2.04. The number of thiophene rings is 1. The van der Waals surface area contributed by atoms with Crippen molar-refractivity contribution in [2.75, 3.05) is 5.32 Å². The molecule has 3 rings (SSSR count). The Morgan fingerprint density at radius 1 is 1.21 bits per heavy atom. The van der Waals surface area contributed by atoms with Crippen molar-refractivity contribution in [2.45, 2.75) is 6.29 Å². The first-order valence-corrected chi connectivity index (χ1v) is 6.16. The van der Waals surface area contributed by atoms with Gasteiger partial charge < -0.3 is 14.8 Å². The van der Waals surface area contributed by atoms with Crippen LogP contribution in [0, 0.1) is 0 Å². The number of carbonyl (C=O) groups excluding carboxylic acids is 1. The second kappa shape index (κ2) is 4.20. The molecule has 4 nitrogen and oxygen atoms in total. The van der Waals surface area contributed by atoms with Crippen LogP contribution in [-0.2, 0) is 0 Å². The first-order chi connectivity index (χ1) is 9.03. The molecule has 0 radical (unpaired) electrons. The van der Waals surface area contributed by atoms with E-state index in [1.807, 2.05) is 0 Å². The molecule has 0 fully saturated rings. The molecule has 2 heterocycles. The number of ether oxygens (including phenoxy) is 2. The number of rotatable bonds is 2. The van der Waals surface area contributed by atoms with Gasteiger partial charge in [0.2, 0.25) is 0 Å². The maximum atomic E-state index is 12.8. The van der Waals surface area contributed by atoms with Crippen molar-refractivity contribution in [1.29, 1.82) is 0 Å². The number of hydrogen-bond acceptors (Lipinski definition) is 4. The molecule has 0 saturated heterocycles. The van der Waals surface area contributed by atoms with Crippen LogP contribution in [0.25, 0.3) is 0 Å². The fraction of sp³-hybridized carbons (Fsp3) is 0.0833. The maximum absolute atomic E-state index is 12.8.